The SMILES string of the molecule is COc1ccc(C2(c3ccc(Cl)cc3)OCCO2)[c-]c1Cl.[Li+]. The molecule has 3 nitrogen and oxygen atoms in total. The minimum Gasteiger partial charge on any atom is -0.553 e. The van der Waals surface area contributed by atoms with Gasteiger partial charge in [0.25, 0.3) is 0 Å². The van der Waals surface area contributed by atoms with Crippen LogP contribution < -0.4 is 23.6 Å². The van der Waals surface area contributed by atoms with Gasteiger partial charge in [-0.2, -0.15) is 12.1 Å². The van der Waals surface area contributed by atoms with Crippen LogP contribution in [0.1, 0.15) is 11.1 Å². The van der Waals surface area contributed by atoms with E-state index in [9.17, 15) is 0 Å². The molecule has 110 valence electrons. The van der Waals surface area contributed by atoms with Gasteiger partial charge in [-0.3, -0.25) is 0 Å². The van der Waals surface area contributed by atoms with Crippen LogP contribution in [0.4, 0.5) is 0 Å². The summed E-state index contributed by atoms with van der Waals surface area (Å²) >= 11 is 12.1. The molecule has 1 aliphatic rings. The van der Waals surface area contributed by atoms with E-state index < -0.39 is 5.79 Å². The minimum atomic E-state index is -1.000. The monoisotopic (exact) mass is 330 g/mol. The standard InChI is InChI=1S/C16H13Cl2O3.Li/c1-19-15-7-4-12(10-14(15)18)16(20-8-9-21-16)11-2-5-13(17)6-3-11;/h2-7H,8-9H2,1H3;/q-1;+1. The van der Waals surface area contributed by atoms with Gasteiger partial charge in [-0.25, -0.2) is 0 Å². The summed E-state index contributed by atoms with van der Waals surface area (Å²) in [6.45, 7) is 1.00. The van der Waals surface area contributed by atoms with Gasteiger partial charge in [0.15, 0.2) is 5.79 Å². The first-order chi connectivity index (χ1) is 10.2. The van der Waals surface area contributed by atoms with Gasteiger partial charge in [0.1, 0.15) is 0 Å². The van der Waals surface area contributed by atoms with Gasteiger partial charge >= 0.3 is 18.9 Å². The number of rotatable bonds is 3. The molecule has 1 fully saturated rings. The molecule has 0 atom stereocenters. The van der Waals surface area contributed by atoms with Gasteiger partial charge in [-0.1, -0.05) is 29.3 Å². The molecule has 6 heteroatoms. The van der Waals surface area contributed by atoms with Crippen molar-refractivity contribution in [2.45, 2.75) is 5.79 Å². The van der Waals surface area contributed by atoms with Gasteiger partial charge in [0.05, 0.1) is 20.3 Å². The van der Waals surface area contributed by atoms with Crippen molar-refractivity contribution < 1.29 is 33.1 Å². The first-order valence-corrected chi connectivity index (χ1v) is 7.21. The van der Waals surface area contributed by atoms with Crippen LogP contribution >= 0.6 is 23.2 Å². The number of benzene rings is 2. The van der Waals surface area contributed by atoms with Crippen LogP contribution in [0.3, 0.4) is 0 Å². The van der Waals surface area contributed by atoms with E-state index in [-0.39, 0.29) is 18.9 Å². The van der Waals surface area contributed by atoms with Crippen LogP contribution in [-0.4, -0.2) is 20.3 Å². The Bertz CT molecular complexity index is 640. The maximum atomic E-state index is 6.17. The van der Waals surface area contributed by atoms with Gasteiger partial charge in [-0.05, 0) is 17.2 Å². The summed E-state index contributed by atoms with van der Waals surface area (Å²) < 4.78 is 16.9. The van der Waals surface area contributed by atoms with Gasteiger partial charge in [-0.15, -0.1) is 17.7 Å². The van der Waals surface area contributed by atoms with Crippen LogP contribution in [0.25, 0.3) is 0 Å². The normalized spacial score (nSPS) is 16.1. The number of methoxy groups -OCH3 is 1. The van der Waals surface area contributed by atoms with Crippen molar-refractivity contribution in [3.05, 3.63) is 63.6 Å². The quantitative estimate of drug-likeness (QED) is 0.622. The molecule has 22 heavy (non-hydrogen) atoms. The van der Waals surface area contributed by atoms with Gasteiger partial charge in [0, 0.05) is 16.3 Å². The Morgan fingerprint density at radius 3 is 2.23 bits per heavy atom. The van der Waals surface area contributed by atoms with Crippen LogP contribution in [0.15, 0.2) is 36.4 Å². The molecule has 0 saturated carbocycles. The van der Waals surface area contributed by atoms with Crippen molar-refractivity contribution in [2.75, 3.05) is 20.3 Å². The average molecular weight is 331 g/mol. The molecular weight excluding hydrogens is 318 g/mol. The molecule has 1 aliphatic heterocycles. The second-order valence-electron chi connectivity index (χ2n) is 4.57. The molecule has 1 saturated heterocycles. The number of hydrogen-bond acceptors (Lipinski definition) is 3. The number of hydrogen-bond donors (Lipinski definition) is 0. The van der Waals surface area contributed by atoms with Gasteiger partial charge in [0.2, 0.25) is 0 Å². The Hall–Kier alpha value is -0.663. The van der Waals surface area contributed by atoms with E-state index in [0.717, 1.165) is 5.56 Å². The van der Waals surface area contributed by atoms with E-state index >= 15 is 0 Å². The Morgan fingerprint density at radius 2 is 1.68 bits per heavy atom. The zero-order valence-electron chi connectivity index (χ0n) is 12.4. The Kier molecular flexibility index (Phi) is 5.85. The predicted molar refractivity (Wildman–Crippen MR) is 81.0 cm³/mol. The van der Waals surface area contributed by atoms with E-state index in [4.69, 9.17) is 37.4 Å². The summed E-state index contributed by atoms with van der Waals surface area (Å²) in [7, 11) is 1.56. The summed E-state index contributed by atoms with van der Waals surface area (Å²) in [5.41, 5.74) is 1.55. The molecule has 0 amide bonds. The molecular formula is C16H13Cl2LiO3. The van der Waals surface area contributed by atoms with Crippen LogP contribution in [-0.2, 0) is 15.3 Å². The molecule has 0 unspecified atom stereocenters. The molecule has 0 N–H and O–H groups in total. The molecule has 0 aliphatic carbocycles. The fourth-order valence-electron chi connectivity index (χ4n) is 2.36. The molecule has 2 aromatic carbocycles. The van der Waals surface area contributed by atoms with E-state index in [1.165, 1.54) is 0 Å². The summed E-state index contributed by atoms with van der Waals surface area (Å²) in [5.74, 6) is -0.440. The Labute approximate surface area is 151 Å². The maximum Gasteiger partial charge on any atom is 1.00 e. The smallest absolute Gasteiger partial charge is 0.553 e. The molecule has 3 rings (SSSR count). The Balaban J connectivity index is 0.00000176. The van der Waals surface area contributed by atoms with E-state index in [1.54, 1.807) is 25.3 Å². The van der Waals surface area contributed by atoms with Crippen molar-refractivity contribution in [3.8, 4) is 5.75 Å². The second-order valence-corrected chi connectivity index (χ2v) is 5.39. The third kappa shape index (κ3) is 3.16. The van der Waals surface area contributed by atoms with E-state index in [0.29, 0.717) is 34.6 Å². The number of halogens is 2. The van der Waals surface area contributed by atoms with Crippen molar-refractivity contribution in [2.24, 2.45) is 0 Å². The molecule has 0 spiro atoms. The molecule has 0 bridgehead atoms. The van der Waals surface area contributed by atoms with Crippen LogP contribution in [0.2, 0.25) is 10.0 Å². The predicted octanol–water partition coefficient (Wildman–Crippen LogP) is 1.05. The molecule has 0 radical (unpaired) electrons. The Morgan fingerprint density at radius 1 is 1.05 bits per heavy atom. The molecule has 1 heterocycles. The summed E-state index contributed by atoms with van der Waals surface area (Å²) in [5, 5.41) is 1.05. The van der Waals surface area contributed by atoms with Crippen molar-refractivity contribution >= 4 is 23.2 Å². The third-order valence-corrected chi connectivity index (χ3v) is 3.89. The van der Waals surface area contributed by atoms with Crippen molar-refractivity contribution in [1.29, 1.82) is 0 Å². The fraction of sp³-hybridized carbons (Fsp3) is 0.250. The minimum absolute atomic E-state index is 0. The summed E-state index contributed by atoms with van der Waals surface area (Å²) in [6, 6.07) is 14.0. The number of ether oxygens (including phenoxy) is 3. The van der Waals surface area contributed by atoms with Crippen molar-refractivity contribution in [1.82, 2.24) is 0 Å². The van der Waals surface area contributed by atoms with Gasteiger partial charge < -0.3 is 14.2 Å². The molecule has 2 aromatic rings. The molecule has 0 aromatic heterocycles. The average Bonchev–Trinajstić information content (AvgIpc) is 2.98. The zero-order valence-corrected chi connectivity index (χ0v) is 13.9. The third-order valence-electron chi connectivity index (χ3n) is 3.35. The van der Waals surface area contributed by atoms with Crippen LogP contribution in [0.5, 0.6) is 5.75 Å². The largest absolute Gasteiger partial charge is 1.00 e. The van der Waals surface area contributed by atoms with E-state index in [2.05, 4.69) is 6.07 Å². The first-order valence-electron chi connectivity index (χ1n) is 6.46. The summed E-state index contributed by atoms with van der Waals surface area (Å²) in [6.07, 6.45) is 0. The van der Waals surface area contributed by atoms with Crippen molar-refractivity contribution in [3.63, 3.8) is 0 Å². The van der Waals surface area contributed by atoms with Crippen LogP contribution in [0, 0.1) is 6.07 Å². The summed E-state index contributed by atoms with van der Waals surface area (Å²) in [4.78, 5) is 0. The second kappa shape index (κ2) is 7.27. The fourth-order valence-corrected chi connectivity index (χ4v) is 2.73. The zero-order chi connectivity index (χ0) is 14.9. The first kappa shape index (κ1) is 17.7. The maximum absolute atomic E-state index is 6.17. The van der Waals surface area contributed by atoms with E-state index in [1.807, 2.05) is 18.2 Å². The topological polar surface area (TPSA) is 27.7 Å².